The van der Waals surface area contributed by atoms with Gasteiger partial charge < -0.3 is 9.42 Å². The summed E-state index contributed by atoms with van der Waals surface area (Å²) in [5, 5.41) is 5.97. The van der Waals surface area contributed by atoms with Crippen LogP contribution >= 0.6 is 34.3 Å². The predicted molar refractivity (Wildman–Crippen MR) is 85.6 cm³/mol. The summed E-state index contributed by atoms with van der Waals surface area (Å²) < 4.78 is 5.94. The van der Waals surface area contributed by atoms with Crippen LogP contribution in [0, 0.1) is 0 Å². The number of carbonyl (C=O) groups excluding carboxylic acids is 1. The molecule has 1 aliphatic heterocycles. The van der Waals surface area contributed by atoms with Crippen molar-refractivity contribution in [2.75, 3.05) is 13.1 Å². The Balaban J connectivity index is 1.42. The number of rotatable bonds is 3. The van der Waals surface area contributed by atoms with E-state index < -0.39 is 0 Å². The van der Waals surface area contributed by atoms with Gasteiger partial charge in [-0.15, -0.1) is 22.7 Å². The van der Waals surface area contributed by atoms with Crippen molar-refractivity contribution in [3.05, 3.63) is 44.7 Å². The van der Waals surface area contributed by atoms with E-state index in [1.54, 1.807) is 28.4 Å². The van der Waals surface area contributed by atoms with Crippen LogP contribution in [0.2, 0.25) is 4.34 Å². The van der Waals surface area contributed by atoms with Gasteiger partial charge in [0.15, 0.2) is 0 Å². The first-order valence-corrected chi connectivity index (χ1v) is 8.70. The molecule has 1 aliphatic rings. The molecule has 0 spiro atoms. The zero-order chi connectivity index (χ0) is 15.1. The average Bonchev–Trinajstić information content (AvgIpc) is 3.17. The lowest BCUT2D eigenvalue weighted by Crippen LogP contribution is -2.48. The van der Waals surface area contributed by atoms with Crippen LogP contribution in [0.25, 0.3) is 10.7 Å². The van der Waals surface area contributed by atoms with Gasteiger partial charge in [0.1, 0.15) is 0 Å². The normalized spacial score (nSPS) is 15.0. The molecular weight excluding hydrogens is 342 g/mol. The Kier molecular flexibility index (Phi) is 3.48. The van der Waals surface area contributed by atoms with Gasteiger partial charge in [0.2, 0.25) is 11.7 Å². The molecule has 3 aromatic rings. The van der Waals surface area contributed by atoms with Crippen molar-refractivity contribution in [3.63, 3.8) is 0 Å². The summed E-state index contributed by atoms with van der Waals surface area (Å²) in [6.07, 6.45) is 0. The van der Waals surface area contributed by atoms with E-state index in [9.17, 15) is 4.79 Å². The second-order valence-electron chi connectivity index (χ2n) is 4.94. The first kappa shape index (κ1) is 13.9. The van der Waals surface area contributed by atoms with Gasteiger partial charge in [0, 0.05) is 13.1 Å². The van der Waals surface area contributed by atoms with Crippen molar-refractivity contribution < 1.29 is 9.32 Å². The minimum Gasteiger partial charge on any atom is -0.339 e. The number of nitrogens with zero attached hydrogens (tertiary/aromatic N) is 3. The summed E-state index contributed by atoms with van der Waals surface area (Å²) in [6, 6.07) is 7.40. The van der Waals surface area contributed by atoms with E-state index in [2.05, 4.69) is 10.1 Å². The van der Waals surface area contributed by atoms with Crippen LogP contribution in [0.3, 0.4) is 0 Å². The van der Waals surface area contributed by atoms with Crippen molar-refractivity contribution in [3.8, 4) is 10.7 Å². The molecule has 112 valence electrons. The molecule has 1 fully saturated rings. The number of amides is 1. The van der Waals surface area contributed by atoms with Crippen molar-refractivity contribution in [2.24, 2.45) is 0 Å². The second-order valence-corrected chi connectivity index (χ2v) is 7.61. The fourth-order valence-electron chi connectivity index (χ4n) is 2.29. The lowest BCUT2D eigenvalue weighted by molar-refractivity contribution is 0.0574. The van der Waals surface area contributed by atoms with Crippen molar-refractivity contribution in [2.45, 2.75) is 5.92 Å². The summed E-state index contributed by atoms with van der Waals surface area (Å²) in [5.74, 6) is 1.32. The molecule has 0 aromatic carbocycles. The molecule has 5 nitrogen and oxygen atoms in total. The quantitative estimate of drug-likeness (QED) is 0.721. The highest BCUT2D eigenvalue weighted by atomic mass is 35.5. The highest BCUT2D eigenvalue weighted by molar-refractivity contribution is 7.18. The second kappa shape index (κ2) is 5.49. The largest absolute Gasteiger partial charge is 0.339 e. The van der Waals surface area contributed by atoms with Crippen LogP contribution in [0.1, 0.15) is 21.5 Å². The summed E-state index contributed by atoms with van der Waals surface area (Å²) >= 11 is 8.73. The Morgan fingerprint density at radius 2 is 2.23 bits per heavy atom. The van der Waals surface area contributed by atoms with E-state index in [4.69, 9.17) is 16.1 Å². The number of aromatic nitrogens is 2. The summed E-state index contributed by atoms with van der Waals surface area (Å²) in [6.45, 7) is 1.20. The van der Waals surface area contributed by atoms with Crippen LogP contribution < -0.4 is 0 Å². The van der Waals surface area contributed by atoms with Crippen LogP contribution in [0.4, 0.5) is 0 Å². The molecule has 0 N–H and O–H groups in total. The molecule has 4 heterocycles. The van der Waals surface area contributed by atoms with E-state index in [-0.39, 0.29) is 11.8 Å². The van der Waals surface area contributed by atoms with Crippen molar-refractivity contribution >= 4 is 40.2 Å². The molecule has 0 unspecified atom stereocenters. The zero-order valence-electron chi connectivity index (χ0n) is 11.2. The molecule has 22 heavy (non-hydrogen) atoms. The number of carbonyl (C=O) groups is 1. The van der Waals surface area contributed by atoms with Gasteiger partial charge in [-0.1, -0.05) is 22.8 Å². The maximum Gasteiger partial charge on any atom is 0.264 e. The van der Waals surface area contributed by atoms with Gasteiger partial charge in [-0.05, 0) is 23.6 Å². The lowest BCUT2D eigenvalue weighted by Gasteiger charge is -2.36. The highest BCUT2D eigenvalue weighted by Crippen LogP contribution is 2.31. The fourth-order valence-corrected chi connectivity index (χ4v) is 3.95. The van der Waals surface area contributed by atoms with Gasteiger partial charge in [0.05, 0.1) is 20.0 Å². The maximum atomic E-state index is 12.2. The van der Waals surface area contributed by atoms with E-state index in [0.29, 0.717) is 34.0 Å². The number of halogens is 1. The molecule has 0 radical (unpaired) electrons. The Labute approximate surface area is 139 Å². The molecule has 1 saturated heterocycles. The van der Waals surface area contributed by atoms with E-state index >= 15 is 0 Å². The molecule has 0 aliphatic carbocycles. The van der Waals surface area contributed by atoms with E-state index in [1.165, 1.54) is 11.3 Å². The number of hydrogen-bond acceptors (Lipinski definition) is 6. The SMILES string of the molecule is O=C(c1ccc(Cl)s1)N1CC(c2nc(-c3cccs3)no2)C1. The standard InChI is InChI=1S/C14H10ClN3O2S2/c15-11-4-3-10(22-11)14(19)18-6-8(7-18)13-16-12(17-20-13)9-2-1-5-21-9/h1-5,8H,6-7H2. The first-order chi connectivity index (χ1) is 10.7. The Bertz CT molecular complexity index is 806. The highest BCUT2D eigenvalue weighted by Gasteiger charge is 2.36. The summed E-state index contributed by atoms with van der Waals surface area (Å²) in [5.41, 5.74) is 0. The molecule has 1 amide bonds. The third-order valence-corrected chi connectivity index (χ3v) is 5.57. The number of likely N-dealkylation sites (tertiary alicyclic amines) is 1. The van der Waals surface area contributed by atoms with Gasteiger partial charge in [-0.3, -0.25) is 4.79 Å². The lowest BCUT2D eigenvalue weighted by atomic mass is 10.00. The van der Waals surface area contributed by atoms with Crippen LogP contribution in [0.15, 0.2) is 34.2 Å². The van der Waals surface area contributed by atoms with Gasteiger partial charge in [0.25, 0.3) is 5.91 Å². The Morgan fingerprint density at radius 3 is 2.91 bits per heavy atom. The molecule has 0 atom stereocenters. The molecule has 8 heteroatoms. The average molecular weight is 352 g/mol. The number of thiophene rings is 2. The molecule has 0 saturated carbocycles. The van der Waals surface area contributed by atoms with Crippen LogP contribution in [0.5, 0.6) is 0 Å². The Morgan fingerprint density at radius 1 is 1.36 bits per heavy atom. The Hall–Kier alpha value is -1.70. The molecule has 4 rings (SSSR count). The molecular formula is C14H10ClN3O2S2. The zero-order valence-corrected chi connectivity index (χ0v) is 13.6. The minimum atomic E-state index is 0.00569. The van der Waals surface area contributed by atoms with E-state index in [1.807, 2.05) is 17.5 Å². The van der Waals surface area contributed by atoms with Gasteiger partial charge >= 0.3 is 0 Å². The smallest absolute Gasteiger partial charge is 0.264 e. The van der Waals surface area contributed by atoms with Crippen molar-refractivity contribution in [1.29, 1.82) is 0 Å². The number of hydrogen-bond donors (Lipinski definition) is 0. The van der Waals surface area contributed by atoms with Crippen molar-refractivity contribution in [1.82, 2.24) is 15.0 Å². The minimum absolute atomic E-state index is 0.00569. The van der Waals surface area contributed by atoms with Crippen LogP contribution in [-0.4, -0.2) is 34.0 Å². The summed E-state index contributed by atoms with van der Waals surface area (Å²) in [4.78, 5) is 20.1. The maximum absolute atomic E-state index is 12.2. The predicted octanol–water partition coefficient (Wildman–Crippen LogP) is 3.75. The van der Waals surface area contributed by atoms with Gasteiger partial charge in [-0.2, -0.15) is 4.98 Å². The molecule has 0 bridgehead atoms. The summed E-state index contributed by atoms with van der Waals surface area (Å²) in [7, 11) is 0. The fraction of sp³-hybridized carbons (Fsp3) is 0.214. The van der Waals surface area contributed by atoms with Crippen LogP contribution in [-0.2, 0) is 0 Å². The topological polar surface area (TPSA) is 59.2 Å². The first-order valence-electron chi connectivity index (χ1n) is 6.63. The third kappa shape index (κ3) is 2.45. The third-order valence-electron chi connectivity index (χ3n) is 3.49. The molecule has 3 aromatic heterocycles. The van der Waals surface area contributed by atoms with Gasteiger partial charge in [-0.25, -0.2) is 0 Å². The van der Waals surface area contributed by atoms with E-state index in [0.717, 1.165) is 4.88 Å². The monoisotopic (exact) mass is 351 g/mol.